The molecule has 0 spiro atoms. The van der Waals surface area contributed by atoms with Crippen LogP contribution >= 0.6 is 11.3 Å². The second-order valence-corrected chi connectivity index (χ2v) is 13.2. The number of thiazole rings is 1. The molecule has 0 atom stereocenters. The summed E-state index contributed by atoms with van der Waals surface area (Å²) in [6.45, 7) is 1.85. The minimum absolute atomic E-state index is 0.223. The highest BCUT2D eigenvalue weighted by molar-refractivity contribution is 7.15. The summed E-state index contributed by atoms with van der Waals surface area (Å²) in [5.41, 5.74) is 3.24. The fraction of sp³-hybridized carbons (Fsp3) is 0.0682. The van der Waals surface area contributed by atoms with Crippen LogP contribution in [0, 0.1) is 6.92 Å². The van der Waals surface area contributed by atoms with Gasteiger partial charge in [0.1, 0.15) is 11.2 Å². The lowest BCUT2D eigenvalue weighted by atomic mass is 9.77. The lowest BCUT2D eigenvalue weighted by Crippen LogP contribution is -2.38. The van der Waals surface area contributed by atoms with E-state index in [0.29, 0.717) is 10.0 Å². The highest BCUT2D eigenvalue weighted by atomic mass is 32.1. The van der Waals surface area contributed by atoms with Crippen LogP contribution in [0.25, 0.3) is 0 Å². The van der Waals surface area contributed by atoms with Crippen molar-refractivity contribution in [3.8, 4) is 0 Å². The molecule has 1 heterocycles. The molecule has 6 aromatic carbocycles. The first-order valence-corrected chi connectivity index (χ1v) is 17.4. The van der Waals surface area contributed by atoms with E-state index in [1.54, 1.807) is 0 Å². The molecule has 0 bridgehead atoms. The molecule has 7 aromatic rings. The van der Waals surface area contributed by atoms with Crippen LogP contribution in [0.15, 0.2) is 187 Å². The summed E-state index contributed by atoms with van der Waals surface area (Å²) >= 11 is 1.37. The third kappa shape index (κ3) is 6.43. The van der Waals surface area contributed by atoms with Gasteiger partial charge in [0.25, 0.3) is 0 Å². The SMILES string of the molecule is Cc1sc(NC(c2ccccc2)(c2ccccc2)c2ccccc2)nc1C(=NOC(c1ccccc1)(c1ccccc1)c1ccccc1)C(=O)O. The molecule has 6 nitrogen and oxygen atoms in total. The van der Waals surface area contributed by atoms with Crippen molar-refractivity contribution < 1.29 is 14.7 Å². The van der Waals surface area contributed by atoms with E-state index < -0.39 is 17.1 Å². The summed E-state index contributed by atoms with van der Waals surface area (Å²) in [4.78, 5) is 25.3. The Bertz CT molecular complexity index is 2030. The van der Waals surface area contributed by atoms with Gasteiger partial charge in [-0.05, 0) is 23.6 Å². The molecule has 0 amide bonds. The van der Waals surface area contributed by atoms with Gasteiger partial charge in [0.05, 0.1) is 0 Å². The minimum atomic E-state index is -1.25. The molecular weight excluding hydrogens is 651 g/mol. The predicted molar refractivity (Wildman–Crippen MR) is 204 cm³/mol. The first kappa shape index (κ1) is 33.2. The zero-order valence-corrected chi connectivity index (χ0v) is 28.7. The summed E-state index contributed by atoms with van der Waals surface area (Å²) in [5, 5.41) is 19.4. The summed E-state index contributed by atoms with van der Waals surface area (Å²) in [6.07, 6.45) is 0. The Labute approximate surface area is 301 Å². The maximum Gasteiger partial charge on any atom is 0.360 e. The van der Waals surface area contributed by atoms with E-state index in [9.17, 15) is 9.90 Å². The third-order valence-corrected chi connectivity index (χ3v) is 9.84. The number of hydrogen-bond acceptors (Lipinski definition) is 6. The number of nitrogens with zero attached hydrogens (tertiary/aromatic N) is 2. The zero-order valence-electron chi connectivity index (χ0n) is 27.9. The first-order chi connectivity index (χ1) is 25.0. The zero-order chi connectivity index (χ0) is 35.1. The first-order valence-electron chi connectivity index (χ1n) is 16.6. The molecule has 2 N–H and O–H groups in total. The van der Waals surface area contributed by atoms with Crippen molar-refractivity contribution in [1.29, 1.82) is 0 Å². The maximum atomic E-state index is 13.1. The lowest BCUT2D eigenvalue weighted by Gasteiger charge is -2.36. The van der Waals surface area contributed by atoms with Crippen LogP contribution in [0.1, 0.15) is 44.0 Å². The van der Waals surface area contributed by atoms with E-state index in [1.807, 2.05) is 153 Å². The lowest BCUT2D eigenvalue weighted by molar-refractivity contribution is -0.129. The number of aryl methyl sites for hydroxylation is 1. The molecule has 7 rings (SSSR count). The van der Waals surface area contributed by atoms with Crippen molar-refractivity contribution in [3.05, 3.63) is 226 Å². The van der Waals surface area contributed by atoms with Crippen molar-refractivity contribution in [1.82, 2.24) is 4.98 Å². The number of aliphatic carboxylic acids is 1. The number of benzene rings is 6. The van der Waals surface area contributed by atoms with Crippen molar-refractivity contribution in [2.24, 2.45) is 5.16 Å². The molecule has 0 aliphatic heterocycles. The van der Waals surface area contributed by atoms with E-state index >= 15 is 0 Å². The van der Waals surface area contributed by atoms with Gasteiger partial charge in [-0.2, -0.15) is 0 Å². The number of hydrogen-bond donors (Lipinski definition) is 2. The Balaban J connectivity index is 1.37. The topological polar surface area (TPSA) is 83.8 Å². The average Bonchev–Trinajstić information content (AvgIpc) is 3.56. The normalized spacial score (nSPS) is 11.9. The van der Waals surface area contributed by atoms with Crippen LogP contribution in [-0.2, 0) is 20.8 Å². The van der Waals surface area contributed by atoms with Gasteiger partial charge in [-0.3, -0.25) is 0 Å². The van der Waals surface area contributed by atoms with Crippen molar-refractivity contribution >= 4 is 28.1 Å². The summed E-state index contributed by atoms with van der Waals surface area (Å²) < 4.78 is 0. The molecule has 7 heteroatoms. The molecule has 0 saturated heterocycles. The van der Waals surface area contributed by atoms with Gasteiger partial charge < -0.3 is 15.3 Å². The monoisotopic (exact) mass is 685 g/mol. The Hall–Kier alpha value is -6.31. The molecule has 0 saturated carbocycles. The Morgan fingerprint density at radius 2 is 0.922 bits per heavy atom. The number of nitrogens with one attached hydrogen (secondary N) is 1. The Morgan fingerprint density at radius 3 is 1.25 bits per heavy atom. The minimum Gasteiger partial charge on any atom is -0.476 e. The maximum absolute atomic E-state index is 13.1. The predicted octanol–water partition coefficient (Wildman–Crippen LogP) is 9.65. The number of carbonyl (C=O) groups is 1. The number of carboxylic acid groups (broad SMARTS) is 1. The standard InChI is InChI=1S/C44H35N3O3S/c1-32-39(45-42(51-32)46-43(33-20-8-2-9-21-33,34-22-10-3-11-23-34)35-24-12-4-13-25-35)40(41(48)49)47-50-44(36-26-14-5-15-27-36,37-28-16-6-17-29-37)38-30-18-7-19-31-38/h2-31H,1H3,(H,45,46)(H,48,49). The van der Waals surface area contributed by atoms with E-state index in [1.165, 1.54) is 11.3 Å². The highest BCUT2D eigenvalue weighted by Gasteiger charge is 2.41. The van der Waals surface area contributed by atoms with Crippen molar-refractivity contribution in [3.63, 3.8) is 0 Å². The number of rotatable bonds is 12. The molecule has 0 fully saturated rings. The second kappa shape index (κ2) is 14.7. The van der Waals surface area contributed by atoms with Crippen LogP contribution in [0.3, 0.4) is 0 Å². The van der Waals surface area contributed by atoms with Gasteiger partial charge in [-0.15, -0.1) is 11.3 Å². The largest absolute Gasteiger partial charge is 0.476 e. The van der Waals surface area contributed by atoms with Gasteiger partial charge >= 0.3 is 5.97 Å². The van der Waals surface area contributed by atoms with Gasteiger partial charge in [0.2, 0.25) is 11.3 Å². The van der Waals surface area contributed by atoms with Crippen LogP contribution in [0.2, 0.25) is 0 Å². The Morgan fingerprint density at radius 1 is 0.588 bits per heavy atom. The van der Waals surface area contributed by atoms with E-state index in [2.05, 4.69) is 46.9 Å². The van der Waals surface area contributed by atoms with E-state index in [0.717, 1.165) is 33.4 Å². The number of anilines is 1. The van der Waals surface area contributed by atoms with Gasteiger partial charge in [0, 0.05) is 21.6 Å². The van der Waals surface area contributed by atoms with E-state index in [-0.39, 0.29) is 11.4 Å². The number of aromatic nitrogens is 1. The molecule has 1 aromatic heterocycles. The van der Waals surface area contributed by atoms with Crippen LogP contribution in [0.5, 0.6) is 0 Å². The molecule has 250 valence electrons. The molecule has 51 heavy (non-hydrogen) atoms. The molecule has 0 aliphatic carbocycles. The average molecular weight is 686 g/mol. The fourth-order valence-electron chi connectivity index (χ4n) is 6.59. The molecular formula is C44H35N3O3S. The van der Waals surface area contributed by atoms with Crippen molar-refractivity contribution in [2.45, 2.75) is 18.1 Å². The quantitative estimate of drug-likeness (QED) is 0.0761. The van der Waals surface area contributed by atoms with Crippen LogP contribution < -0.4 is 5.32 Å². The summed E-state index contributed by atoms with van der Waals surface area (Å²) in [6, 6.07) is 59.7. The Kier molecular flexibility index (Phi) is 9.55. The van der Waals surface area contributed by atoms with Gasteiger partial charge in [0.15, 0.2) is 5.13 Å². The van der Waals surface area contributed by atoms with Crippen LogP contribution in [0.4, 0.5) is 5.13 Å². The smallest absolute Gasteiger partial charge is 0.360 e. The van der Waals surface area contributed by atoms with Crippen molar-refractivity contribution in [2.75, 3.05) is 5.32 Å². The second-order valence-electron chi connectivity index (χ2n) is 12.0. The highest BCUT2D eigenvalue weighted by Crippen LogP contribution is 2.43. The number of oxime groups is 1. The molecule has 0 radical (unpaired) electrons. The molecule has 0 unspecified atom stereocenters. The summed E-state index contributed by atoms with van der Waals surface area (Å²) in [5.74, 6) is -1.25. The van der Waals surface area contributed by atoms with E-state index in [4.69, 9.17) is 9.82 Å². The molecule has 0 aliphatic rings. The number of carboxylic acids is 1. The summed E-state index contributed by atoms with van der Waals surface area (Å²) in [7, 11) is 0. The van der Waals surface area contributed by atoms with Gasteiger partial charge in [-0.1, -0.05) is 187 Å². The fourth-order valence-corrected chi connectivity index (χ4v) is 7.46. The van der Waals surface area contributed by atoms with Crippen LogP contribution in [-0.4, -0.2) is 21.8 Å². The van der Waals surface area contributed by atoms with Gasteiger partial charge in [-0.25, -0.2) is 9.78 Å². The third-order valence-electron chi connectivity index (χ3n) is 8.95.